The minimum absolute atomic E-state index is 0.0618. The minimum Gasteiger partial charge on any atom is -0.378 e. The highest BCUT2D eigenvalue weighted by Gasteiger charge is 2.32. The van der Waals surface area contributed by atoms with E-state index in [1.54, 1.807) is 21.9 Å². The number of morpholine rings is 1. The van der Waals surface area contributed by atoms with Crippen LogP contribution in [0.4, 0.5) is 4.39 Å². The number of carbonyl (C=O) groups excluding carboxylic acids is 2. The van der Waals surface area contributed by atoms with Gasteiger partial charge in [0.05, 0.1) is 19.8 Å². The average molecular weight is 321 g/mol. The lowest BCUT2D eigenvalue weighted by atomic mass is 10.1. The third-order valence-corrected chi connectivity index (χ3v) is 4.11. The van der Waals surface area contributed by atoms with E-state index in [1.807, 2.05) is 0 Å². The van der Waals surface area contributed by atoms with Gasteiger partial charge in [0.2, 0.25) is 11.8 Å². The van der Waals surface area contributed by atoms with E-state index in [9.17, 15) is 14.0 Å². The maximum absolute atomic E-state index is 13.2. The van der Waals surface area contributed by atoms with Crippen LogP contribution in [0, 0.1) is 5.82 Å². The fraction of sp³-hybridized carbons (Fsp3) is 0.500. The first-order chi connectivity index (χ1) is 11.1. The standard InChI is InChI=1S/C16H20FN3O3/c17-13-3-1-2-12(8-13)9-19-5-6-20(10-15(19)21)16(22)14-11-23-7-4-18-14/h1-3,8,14,18H,4-7,9-11H2. The molecular formula is C16H20FN3O3. The van der Waals surface area contributed by atoms with E-state index in [1.165, 1.54) is 12.1 Å². The van der Waals surface area contributed by atoms with Crippen LogP contribution < -0.4 is 5.32 Å². The smallest absolute Gasteiger partial charge is 0.242 e. The Labute approximate surface area is 134 Å². The molecule has 2 heterocycles. The van der Waals surface area contributed by atoms with Crippen molar-refractivity contribution in [3.63, 3.8) is 0 Å². The number of ether oxygens (including phenoxy) is 1. The second-order valence-corrected chi connectivity index (χ2v) is 5.79. The van der Waals surface area contributed by atoms with E-state index < -0.39 is 0 Å². The lowest BCUT2D eigenvalue weighted by Crippen LogP contribution is -2.58. The molecule has 0 aromatic heterocycles. The van der Waals surface area contributed by atoms with Gasteiger partial charge in [0.25, 0.3) is 0 Å². The number of nitrogens with zero attached hydrogens (tertiary/aromatic N) is 2. The molecule has 6 nitrogen and oxygen atoms in total. The zero-order valence-electron chi connectivity index (χ0n) is 12.8. The van der Waals surface area contributed by atoms with Gasteiger partial charge in [0, 0.05) is 26.2 Å². The van der Waals surface area contributed by atoms with E-state index >= 15 is 0 Å². The number of carbonyl (C=O) groups is 2. The number of hydrogen-bond donors (Lipinski definition) is 1. The molecule has 2 aliphatic heterocycles. The van der Waals surface area contributed by atoms with Crippen LogP contribution >= 0.6 is 0 Å². The van der Waals surface area contributed by atoms with Crippen molar-refractivity contribution in [2.45, 2.75) is 12.6 Å². The molecule has 1 N–H and O–H groups in total. The molecule has 1 aromatic carbocycles. The maximum Gasteiger partial charge on any atom is 0.242 e. The summed E-state index contributed by atoms with van der Waals surface area (Å²) in [6, 6.07) is 5.85. The van der Waals surface area contributed by atoms with E-state index in [0.29, 0.717) is 39.4 Å². The highest BCUT2D eigenvalue weighted by atomic mass is 19.1. The van der Waals surface area contributed by atoms with Crippen LogP contribution in [0.3, 0.4) is 0 Å². The lowest BCUT2D eigenvalue weighted by molar-refractivity contribution is -0.148. The predicted octanol–water partition coefficient (Wildman–Crippen LogP) is -0.0151. The van der Waals surface area contributed by atoms with Crippen LogP contribution in [-0.2, 0) is 20.9 Å². The maximum atomic E-state index is 13.2. The normalized spacial score (nSPS) is 22.3. The molecule has 2 fully saturated rings. The summed E-state index contributed by atoms with van der Waals surface area (Å²) >= 11 is 0. The minimum atomic E-state index is -0.369. The first-order valence-electron chi connectivity index (χ1n) is 7.75. The summed E-state index contributed by atoms with van der Waals surface area (Å²) in [5.41, 5.74) is 0.750. The Bertz CT molecular complexity index is 590. The number of piperazine rings is 1. The second kappa shape index (κ2) is 7.06. The molecule has 0 bridgehead atoms. The Morgan fingerprint density at radius 2 is 2.26 bits per heavy atom. The van der Waals surface area contributed by atoms with Crippen LogP contribution in [0.25, 0.3) is 0 Å². The molecule has 0 radical (unpaired) electrons. The summed E-state index contributed by atoms with van der Waals surface area (Å²) in [5.74, 6) is -0.527. The number of rotatable bonds is 3. The van der Waals surface area contributed by atoms with Crippen LogP contribution in [0.1, 0.15) is 5.56 Å². The molecule has 7 heteroatoms. The summed E-state index contributed by atoms with van der Waals surface area (Å²) in [6.07, 6.45) is 0. The van der Waals surface area contributed by atoms with E-state index in [2.05, 4.69) is 5.32 Å². The number of amides is 2. The van der Waals surface area contributed by atoms with Gasteiger partial charge in [-0.1, -0.05) is 12.1 Å². The van der Waals surface area contributed by atoms with Crippen LogP contribution in [-0.4, -0.2) is 67.0 Å². The quantitative estimate of drug-likeness (QED) is 0.850. The summed E-state index contributed by atoms with van der Waals surface area (Å²) in [6.45, 7) is 2.95. The Kier molecular flexibility index (Phi) is 4.88. The van der Waals surface area contributed by atoms with Gasteiger partial charge in [-0.3, -0.25) is 9.59 Å². The van der Waals surface area contributed by atoms with E-state index in [0.717, 1.165) is 5.56 Å². The van der Waals surface area contributed by atoms with Gasteiger partial charge in [-0.2, -0.15) is 0 Å². The molecule has 3 rings (SSSR count). The molecular weight excluding hydrogens is 301 g/mol. The van der Waals surface area contributed by atoms with Gasteiger partial charge in [-0.15, -0.1) is 0 Å². The van der Waals surface area contributed by atoms with Crippen LogP contribution in [0.5, 0.6) is 0 Å². The Morgan fingerprint density at radius 1 is 1.39 bits per heavy atom. The van der Waals surface area contributed by atoms with Crippen molar-refractivity contribution in [3.05, 3.63) is 35.6 Å². The monoisotopic (exact) mass is 321 g/mol. The number of benzene rings is 1. The molecule has 1 unspecified atom stereocenters. The highest BCUT2D eigenvalue weighted by molar-refractivity contribution is 5.88. The first-order valence-corrected chi connectivity index (χ1v) is 7.75. The first kappa shape index (κ1) is 15.9. The molecule has 2 aliphatic rings. The predicted molar refractivity (Wildman–Crippen MR) is 81.0 cm³/mol. The second-order valence-electron chi connectivity index (χ2n) is 5.79. The lowest BCUT2D eigenvalue weighted by Gasteiger charge is -2.36. The molecule has 1 aromatic rings. The van der Waals surface area contributed by atoms with Crippen molar-refractivity contribution in [2.24, 2.45) is 0 Å². The van der Waals surface area contributed by atoms with E-state index in [-0.39, 0.29) is 30.2 Å². The highest BCUT2D eigenvalue weighted by Crippen LogP contribution is 2.12. The van der Waals surface area contributed by atoms with Crippen LogP contribution in [0.15, 0.2) is 24.3 Å². The molecule has 0 spiro atoms. The van der Waals surface area contributed by atoms with Crippen molar-refractivity contribution in [3.8, 4) is 0 Å². The molecule has 124 valence electrons. The van der Waals surface area contributed by atoms with Crippen molar-refractivity contribution in [1.82, 2.24) is 15.1 Å². The zero-order valence-corrected chi connectivity index (χ0v) is 12.8. The third kappa shape index (κ3) is 3.86. The molecule has 0 aliphatic carbocycles. The van der Waals surface area contributed by atoms with Gasteiger partial charge in [-0.05, 0) is 17.7 Å². The summed E-state index contributed by atoms with van der Waals surface area (Å²) in [4.78, 5) is 27.9. The average Bonchev–Trinajstić information content (AvgIpc) is 2.57. The summed E-state index contributed by atoms with van der Waals surface area (Å²) in [7, 11) is 0. The molecule has 0 saturated carbocycles. The number of nitrogens with one attached hydrogen (secondary N) is 1. The van der Waals surface area contributed by atoms with Gasteiger partial charge in [-0.25, -0.2) is 4.39 Å². The largest absolute Gasteiger partial charge is 0.378 e. The summed E-state index contributed by atoms with van der Waals surface area (Å²) < 4.78 is 18.5. The van der Waals surface area contributed by atoms with Gasteiger partial charge in [0.1, 0.15) is 11.9 Å². The Hall–Kier alpha value is -1.99. The van der Waals surface area contributed by atoms with Crippen molar-refractivity contribution in [2.75, 3.05) is 39.4 Å². The Balaban J connectivity index is 1.56. The Morgan fingerprint density at radius 3 is 2.96 bits per heavy atom. The van der Waals surface area contributed by atoms with Gasteiger partial charge >= 0.3 is 0 Å². The molecule has 23 heavy (non-hydrogen) atoms. The fourth-order valence-electron chi connectivity index (χ4n) is 2.86. The summed E-state index contributed by atoms with van der Waals surface area (Å²) in [5, 5.41) is 3.11. The zero-order chi connectivity index (χ0) is 16.2. The van der Waals surface area contributed by atoms with Gasteiger partial charge < -0.3 is 19.9 Å². The molecule has 2 amide bonds. The van der Waals surface area contributed by atoms with Crippen molar-refractivity contribution >= 4 is 11.8 Å². The van der Waals surface area contributed by atoms with E-state index in [4.69, 9.17) is 4.74 Å². The topological polar surface area (TPSA) is 61.9 Å². The van der Waals surface area contributed by atoms with Crippen LogP contribution in [0.2, 0.25) is 0 Å². The molecule has 2 saturated heterocycles. The molecule has 1 atom stereocenters. The SMILES string of the molecule is O=C1CN(C(=O)C2COCCN2)CCN1Cc1cccc(F)c1. The van der Waals surface area contributed by atoms with Crippen molar-refractivity contribution in [1.29, 1.82) is 0 Å². The third-order valence-electron chi connectivity index (χ3n) is 4.11. The van der Waals surface area contributed by atoms with Crippen molar-refractivity contribution < 1.29 is 18.7 Å². The fourth-order valence-corrected chi connectivity index (χ4v) is 2.86. The number of hydrogen-bond acceptors (Lipinski definition) is 4. The number of halogens is 1. The van der Waals surface area contributed by atoms with Gasteiger partial charge in [0.15, 0.2) is 0 Å².